The molecule has 1 atom stereocenters. The van der Waals surface area contributed by atoms with Crippen LogP contribution in [-0.2, 0) is 16.1 Å². The average molecular weight is 345 g/mol. The van der Waals surface area contributed by atoms with Crippen LogP contribution in [0, 0.1) is 5.92 Å². The van der Waals surface area contributed by atoms with Crippen molar-refractivity contribution in [1.82, 2.24) is 9.88 Å². The van der Waals surface area contributed by atoms with Gasteiger partial charge in [0.25, 0.3) is 0 Å². The van der Waals surface area contributed by atoms with Crippen molar-refractivity contribution in [3.05, 3.63) is 47.5 Å². The number of carbonyl (C=O) groups is 1. The minimum Gasteiger partial charge on any atom is -0.376 e. The van der Waals surface area contributed by atoms with Gasteiger partial charge in [0.2, 0.25) is 5.91 Å². The standard InChI is InChI=1S/C18H23N3O2S/c22-17(20-18-19-8-10-24-18)12-21-9-4-7-16(11-21)14-23-13-15-5-2-1-3-6-15/h1-3,5-6,8,10,16H,4,7,9,11-14H2,(H,19,20,22). The van der Waals surface area contributed by atoms with Crippen LogP contribution in [0.2, 0.25) is 0 Å². The lowest BCUT2D eigenvalue weighted by molar-refractivity contribution is -0.117. The van der Waals surface area contributed by atoms with Gasteiger partial charge in [-0.3, -0.25) is 9.69 Å². The Hall–Kier alpha value is -1.76. The van der Waals surface area contributed by atoms with Gasteiger partial charge in [0, 0.05) is 18.1 Å². The SMILES string of the molecule is O=C(CN1CCCC(COCc2ccccc2)C1)Nc1nccs1. The summed E-state index contributed by atoms with van der Waals surface area (Å²) < 4.78 is 5.86. The number of nitrogens with zero attached hydrogens (tertiary/aromatic N) is 2. The van der Waals surface area contributed by atoms with E-state index in [0.717, 1.165) is 26.1 Å². The highest BCUT2D eigenvalue weighted by molar-refractivity contribution is 7.13. The van der Waals surface area contributed by atoms with E-state index in [0.29, 0.717) is 24.2 Å². The lowest BCUT2D eigenvalue weighted by Gasteiger charge is -2.31. The van der Waals surface area contributed by atoms with Crippen molar-refractivity contribution in [2.75, 3.05) is 31.6 Å². The minimum atomic E-state index is 0.0100. The topological polar surface area (TPSA) is 54.5 Å². The predicted molar refractivity (Wildman–Crippen MR) is 96.0 cm³/mol. The molecule has 1 N–H and O–H groups in total. The molecule has 6 heteroatoms. The van der Waals surface area contributed by atoms with Crippen LogP contribution >= 0.6 is 11.3 Å². The molecule has 1 aromatic heterocycles. The Morgan fingerprint density at radius 2 is 2.25 bits per heavy atom. The maximum Gasteiger partial charge on any atom is 0.240 e. The fourth-order valence-electron chi connectivity index (χ4n) is 3.00. The third-order valence-corrected chi connectivity index (χ3v) is 4.80. The normalized spacial score (nSPS) is 18.4. The number of amides is 1. The molecule has 24 heavy (non-hydrogen) atoms. The summed E-state index contributed by atoms with van der Waals surface area (Å²) in [7, 11) is 0. The Morgan fingerprint density at radius 3 is 3.04 bits per heavy atom. The molecule has 0 radical (unpaired) electrons. The summed E-state index contributed by atoms with van der Waals surface area (Å²) in [6, 6.07) is 10.2. The number of hydrogen-bond donors (Lipinski definition) is 1. The molecule has 1 amide bonds. The molecule has 3 rings (SSSR count). The van der Waals surface area contributed by atoms with Gasteiger partial charge in [-0.2, -0.15) is 0 Å². The first-order chi connectivity index (χ1) is 11.8. The Labute approximate surface area is 146 Å². The van der Waals surface area contributed by atoms with E-state index >= 15 is 0 Å². The second kappa shape index (κ2) is 8.92. The highest BCUT2D eigenvalue weighted by atomic mass is 32.1. The number of thiazole rings is 1. The van der Waals surface area contributed by atoms with Gasteiger partial charge in [0.1, 0.15) is 0 Å². The quantitative estimate of drug-likeness (QED) is 0.838. The van der Waals surface area contributed by atoms with E-state index in [1.54, 1.807) is 6.20 Å². The van der Waals surface area contributed by atoms with Gasteiger partial charge in [0.15, 0.2) is 5.13 Å². The summed E-state index contributed by atoms with van der Waals surface area (Å²) >= 11 is 1.44. The molecule has 5 nitrogen and oxygen atoms in total. The number of piperidine rings is 1. The zero-order valence-corrected chi connectivity index (χ0v) is 14.5. The number of carbonyl (C=O) groups excluding carboxylic acids is 1. The summed E-state index contributed by atoms with van der Waals surface area (Å²) in [5.41, 5.74) is 1.20. The van der Waals surface area contributed by atoms with Gasteiger partial charge < -0.3 is 10.1 Å². The molecule has 1 unspecified atom stereocenters. The van der Waals surface area contributed by atoms with Crippen molar-refractivity contribution >= 4 is 22.4 Å². The van der Waals surface area contributed by atoms with Crippen molar-refractivity contribution in [3.63, 3.8) is 0 Å². The van der Waals surface area contributed by atoms with Crippen LogP contribution in [0.1, 0.15) is 18.4 Å². The average Bonchev–Trinajstić information content (AvgIpc) is 3.09. The van der Waals surface area contributed by atoms with Crippen molar-refractivity contribution in [2.24, 2.45) is 5.92 Å². The van der Waals surface area contributed by atoms with E-state index in [1.165, 1.54) is 23.3 Å². The Morgan fingerprint density at radius 1 is 1.38 bits per heavy atom. The van der Waals surface area contributed by atoms with E-state index in [-0.39, 0.29) is 5.91 Å². The number of aromatic nitrogens is 1. The number of nitrogens with one attached hydrogen (secondary N) is 1. The van der Waals surface area contributed by atoms with Gasteiger partial charge in [0.05, 0.1) is 19.8 Å². The fourth-order valence-corrected chi connectivity index (χ4v) is 3.54. The summed E-state index contributed by atoms with van der Waals surface area (Å²) in [5, 5.41) is 5.37. The maximum atomic E-state index is 12.1. The molecule has 2 heterocycles. The second-order valence-corrected chi connectivity index (χ2v) is 7.02. The minimum absolute atomic E-state index is 0.0100. The van der Waals surface area contributed by atoms with Crippen LogP contribution in [0.25, 0.3) is 0 Å². The maximum absolute atomic E-state index is 12.1. The monoisotopic (exact) mass is 345 g/mol. The molecule has 1 aromatic carbocycles. The van der Waals surface area contributed by atoms with Gasteiger partial charge >= 0.3 is 0 Å². The van der Waals surface area contributed by atoms with Crippen molar-refractivity contribution in [1.29, 1.82) is 0 Å². The summed E-state index contributed by atoms with van der Waals surface area (Å²) in [4.78, 5) is 18.4. The molecule has 0 saturated carbocycles. The van der Waals surface area contributed by atoms with Crippen LogP contribution in [-0.4, -0.2) is 42.0 Å². The van der Waals surface area contributed by atoms with E-state index in [2.05, 4.69) is 27.3 Å². The van der Waals surface area contributed by atoms with Crippen LogP contribution in [0.4, 0.5) is 5.13 Å². The summed E-state index contributed by atoms with van der Waals surface area (Å²) in [6.07, 6.45) is 3.98. The molecule has 1 aliphatic heterocycles. The van der Waals surface area contributed by atoms with Crippen molar-refractivity contribution in [2.45, 2.75) is 19.4 Å². The first-order valence-corrected chi connectivity index (χ1v) is 9.21. The van der Waals surface area contributed by atoms with Crippen LogP contribution < -0.4 is 5.32 Å². The summed E-state index contributed by atoms with van der Waals surface area (Å²) in [6.45, 7) is 3.72. The molecule has 0 bridgehead atoms. The van der Waals surface area contributed by atoms with Gasteiger partial charge in [-0.1, -0.05) is 30.3 Å². The lowest BCUT2D eigenvalue weighted by atomic mass is 9.99. The first-order valence-electron chi connectivity index (χ1n) is 8.33. The van der Waals surface area contributed by atoms with Crippen LogP contribution in [0.3, 0.4) is 0 Å². The van der Waals surface area contributed by atoms with Crippen LogP contribution in [0.5, 0.6) is 0 Å². The number of benzene rings is 1. The van der Waals surface area contributed by atoms with E-state index in [1.807, 2.05) is 23.6 Å². The number of rotatable bonds is 7. The molecule has 1 fully saturated rings. The number of anilines is 1. The lowest BCUT2D eigenvalue weighted by Crippen LogP contribution is -2.41. The highest BCUT2D eigenvalue weighted by Crippen LogP contribution is 2.18. The molecule has 1 aliphatic rings. The number of likely N-dealkylation sites (tertiary alicyclic amines) is 1. The van der Waals surface area contributed by atoms with E-state index in [4.69, 9.17) is 4.74 Å². The van der Waals surface area contributed by atoms with E-state index in [9.17, 15) is 4.79 Å². The Bertz CT molecular complexity index is 618. The van der Waals surface area contributed by atoms with Crippen molar-refractivity contribution < 1.29 is 9.53 Å². The van der Waals surface area contributed by atoms with Gasteiger partial charge in [-0.25, -0.2) is 4.98 Å². The molecule has 2 aromatic rings. The first kappa shape index (κ1) is 17.1. The molecule has 0 aliphatic carbocycles. The molecular weight excluding hydrogens is 322 g/mol. The number of hydrogen-bond acceptors (Lipinski definition) is 5. The smallest absolute Gasteiger partial charge is 0.240 e. The molecule has 128 valence electrons. The highest BCUT2D eigenvalue weighted by Gasteiger charge is 2.22. The Balaban J connectivity index is 1.38. The zero-order chi connectivity index (χ0) is 16.6. The third-order valence-electron chi connectivity index (χ3n) is 4.11. The molecular formula is C18H23N3O2S. The molecule has 1 saturated heterocycles. The summed E-state index contributed by atoms with van der Waals surface area (Å²) in [5.74, 6) is 0.505. The van der Waals surface area contributed by atoms with Gasteiger partial charge in [-0.05, 0) is 30.9 Å². The molecule has 0 spiro atoms. The Kier molecular flexibility index (Phi) is 6.34. The second-order valence-electron chi connectivity index (χ2n) is 6.13. The van der Waals surface area contributed by atoms with E-state index < -0.39 is 0 Å². The van der Waals surface area contributed by atoms with Gasteiger partial charge in [-0.15, -0.1) is 11.3 Å². The van der Waals surface area contributed by atoms with Crippen molar-refractivity contribution in [3.8, 4) is 0 Å². The van der Waals surface area contributed by atoms with Crippen LogP contribution in [0.15, 0.2) is 41.9 Å². The fraction of sp³-hybridized carbons (Fsp3) is 0.444. The largest absolute Gasteiger partial charge is 0.376 e. The third kappa shape index (κ3) is 5.40. The zero-order valence-electron chi connectivity index (χ0n) is 13.7. The predicted octanol–water partition coefficient (Wildman–Crippen LogP) is 3.01. The number of ether oxygens (including phenoxy) is 1.